The number of allylic oxidation sites excluding steroid dienone is 1. The molecule has 2 saturated heterocycles. The number of carbonyl (C=O) groups is 1. The van der Waals surface area contributed by atoms with E-state index in [1.165, 1.54) is 57.2 Å². The molecule has 0 aromatic rings. The summed E-state index contributed by atoms with van der Waals surface area (Å²) in [6, 6.07) is 0. The molecule has 0 aromatic heterocycles. The average molecular weight is 276 g/mol. The van der Waals surface area contributed by atoms with Crippen molar-refractivity contribution in [3.8, 4) is 0 Å². The number of hydrogen-bond donors (Lipinski definition) is 1. The maximum atomic E-state index is 12.4. The first-order valence-electron chi connectivity index (χ1n) is 8.49. The maximum Gasteiger partial charge on any atom is 0.226 e. The molecular formula is C17H28N2O. The van der Waals surface area contributed by atoms with Gasteiger partial charge in [0.15, 0.2) is 0 Å². The topological polar surface area (TPSA) is 32.3 Å². The molecule has 3 nitrogen and oxygen atoms in total. The van der Waals surface area contributed by atoms with Crippen LogP contribution in [0.5, 0.6) is 0 Å². The second kappa shape index (κ2) is 6.75. The highest BCUT2D eigenvalue weighted by Gasteiger charge is 2.30. The number of rotatable bonds is 3. The summed E-state index contributed by atoms with van der Waals surface area (Å²) in [4.78, 5) is 14.5. The summed E-state index contributed by atoms with van der Waals surface area (Å²) < 4.78 is 0. The van der Waals surface area contributed by atoms with Gasteiger partial charge < -0.3 is 10.2 Å². The third-order valence-corrected chi connectivity index (χ3v) is 5.42. The summed E-state index contributed by atoms with van der Waals surface area (Å²) in [6.07, 6.45) is 11.7. The van der Waals surface area contributed by atoms with Gasteiger partial charge in [0.2, 0.25) is 5.91 Å². The molecule has 0 spiro atoms. The Bertz CT molecular complexity index is 363. The van der Waals surface area contributed by atoms with Gasteiger partial charge in [0, 0.05) is 19.5 Å². The lowest BCUT2D eigenvalue weighted by Gasteiger charge is -2.35. The molecule has 1 aliphatic carbocycles. The Hall–Kier alpha value is -0.830. The van der Waals surface area contributed by atoms with Crippen molar-refractivity contribution in [1.29, 1.82) is 0 Å². The highest BCUT2D eigenvalue weighted by molar-refractivity contribution is 5.78. The van der Waals surface area contributed by atoms with Crippen LogP contribution in [0.3, 0.4) is 0 Å². The van der Waals surface area contributed by atoms with Crippen LogP contribution < -0.4 is 5.32 Å². The average Bonchev–Trinajstić information content (AvgIpc) is 3.03. The first-order chi connectivity index (χ1) is 9.83. The molecule has 1 N–H and O–H groups in total. The standard InChI is InChI=1S/C17H28N2O/c20-17(12-14-4-2-1-3-5-14)19-10-7-15(8-11-19)16-6-9-18-13-16/h4,15-16,18H,1-3,5-13H2. The summed E-state index contributed by atoms with van der Waals surface area (Å²) in [5.41, 5.74) is 1.39. The first kappa shape index (κ1) is 14.1. The lowest BCUT2D eigenvalue weighted by Crippen LogP contribution is -2.40. The van der Waals surface area contributed by atoms with E-state index in [9.17, 15) is 4.79 Å². The van der Waals surface area contributed by atoms with E-state index in [1.54, 1.807) is 0 Å². The fourth-order valence-electron chi connectivity index (χ4n) is 4.07. The van der Waals surface area contributed by atoms with Crippen molar-refractivity contribution in [2.75, 3.05) is 26.2 Å². The normalized spacial score (nSPS) is 28.5. The number of piperidine rings is 1. The lowest BCUT2D eigenvalue weighted by atomic mass is 9.83. The molecule has 2 heterocycles. The monoisotopic (exact) mass is 276 g/mol. The fraction of sp³-hybridized carbons (Fsp3) is 0.824. The van der Waals surface area contributed by atoms with Gasteiger partial charge in [-0.15, -0.1) is 0 Å². The smallest absolute Gasteiger partial charge is 0.226 e. The summed E-state index contributed by atoms with van der Waals surface area (Å²) in [6.45, 7) is 4.38. The molecule has 1 unspecified atom stereocenters. The van der Waals surface area contributed by atoms with E-state index in [1.807, 2.05) is 0 Å². The van der Waals surface area contributed by atoms with E-state index in [-0.39, 0.29) is 0 Å². The molecule has 3 aliphatic rings. The molecule has 0 bridgehead atoms. The molecule has 3 rings (SSSR count). The quantitative estimate of drug-likeness (QED) is 0.804. The van der Waals surface area contributed by atoms with Crippen LogP contribution in [0.15, 0.2) is 11.6 Å². The predicted molar refractivity (Wildman–Crippen MR) is 81.4 cm³/mol. The summed E-state index contributed by atoms with van der Waals surface area (Å²) in [7, 11) is 0. The van der Waals surface area contributed by atoms with Crippen molar-refractivity contribution in [2.45, 2.75) is 51.4 Å². The van der Waals surface area contributed by atoms with E-state index in [0.29, 0.717) is 12.3 Å². The number of nitrogens with one attached hydrogen (secondary N) is 1. The van der Waals surface area contributed by atoms with Crippen molar-refractivity contribution in [3.63, 3.8) is 0 Å². The van der Waals surface area contributed by atoms with Crippen molar-refractivity contribution in [3.05, 3.63) is 11.6 Å². The van der Waals surface area contributed by atoms with Gasteiger partial charge in [-0.3, -0.25) is 4.79 Å². The number of carbonyl (C=O) groups excluding carboxylic acids is 1. The Morgan fingerprint density at radius 3 is 2.70 bits per heavy atom. The molecular weight excluding hydrogens is 248 g/mol. The highest BCUT2D eigenvalue weighted by atomic mass is 16.2. The van der Waals surface area contributed by atoms with Gasteiger partial charge in [0.05, 0.1) is 0 Å². The molecule has 112 valence electrons. The van der Waals surface area contributed by atoms with Crippen LogP contribution in [-0.2, 0) is 4.79 Å². The largest absolute Gasteiger partial charge is 0.342 e. The van der Waals surface area contributed by atoms with Crippen LogP contribution >= 0.6 is 0 Å². The SMILES string of the molecule is O=C(CC1=CCCCC1)N1CCC(C2CCNC2)CC1. The van der Waals surface area contributed by atoms with E-state index in [4.69, 9.17) is 0 Å². The molecule has 0 radical (unpaired) electrons. The first-order valence-corrected chi connectivity index (χ1v) is 8.49. The van der Waals surface area contributed by atoms with Gasteiger partial charge >= 0.3 is 0 Å². The highest BCUT2D eigenvalue weighted by Crippen LogP contribution is 2.29. The van der Waals surface area contributed by atoms with Crippen LogP contribution in [-0.4, -0.2) is 37.0 Å². The molecule has 3 heteroatoms. The van der Waals surface area contributed by atoms with Gasteiger partial charge in [-0.25, -0.2) is 0 Å². The summed E-state index contributed by atoms with van der Waals surface area (Å²) in [5, 5.41) is 3.47. The summed E-state index contributed by atoms with van der Waals surface area (Å²) >= 11 is 0. The van der Waals surface area contributed by atoms with Crippen molar-refractivity contribution in [1.82, 2.24) is 10.2 Å². The minimum Gasteiger partial charge on any atom is -0.342 e. The molecule has 2 aliphatic heterocycles. The Balaban J connectivity index is 1.45. The zero-order valence-corrected chi connectivity index (χ0v) is 12.6. The summed E-state index contributed by atoms with van der Waals surface area (Å²) in [5.74, 6) is 2.09. The van der Waals surface area contributed by atoms with Crippen LogP contribution in [0.2, 0.25) is 0 Å². The van der Waals surface area contributed by atoms with Gasteiger partial charge in [-0.2, -0.15) is 0 Å². The third-order valence-electron chi connectivity index (χ3n) is 5.42. The van der Waals surface area contributed by atoms with Crippen molar-refractivity contribution >= 4 is 5.91 Å². The molecule has 0 aromatic carbocycles. The predicted octanol–water partition coefficient (Wildman–Crippen LogP) is 2.73. The minimum atomic E-state index is 0.376. The molecule has 2 fully saturated rings. The third kappa shape index (κ3) is 3.43. The number of likely N-dealkylation sites (tertiary alicyclic amines) is 1. The van der Waals surface area contributed by atoms with E-state index in [0.717, 1.165) is 31.3 Å². The van der Waals surface area contributed by atoms with Gasteiger partial charge in [0.1, 0.15) is 0 Å². The van der Waals surface area contributed by atoms with Gasteiger partial charge in [0.25, 0.3) is 0 Å². The minimum absolute atomic E-state index is 0.376. The molecule has 1 atom stereocenters. The van der Waals surface area contributed by atoms with Gasteiger partial charge in [-0.05, 0) is 69.9 Å². The Morgan fingerprint density at radius 2 is 2.05 bits per heavy atom. The van der Waals surface area contributed by atoms with E-state index >= 15 is 0 Å². The van der Waals surface area contributed by atoms with Crippen LogP contribution in [0.4, 0.5) is 0 Å². The second-order valence-corrected chi connectivity index (χ2v) is 6.76. The number of amides is 1. The van der Waals surface area contributed by atoms with Crippen LogP contribution in [0, 0.1) is 11.8 Å². The van der Waals surface area contributed by atoms with E-state index in [2.05, 4.69) is 16.3 Å². The molecule has 20 heavy (non-hydrogen) atoms. The second-order valence-electron chi connectivity index (χ2n) is 6.76. The zero-order valence-electron chi connectivity index (χ0n) is 12.6. The number of nitrogens with zero attached hydrogens (tertiary/aromatic N) is 1. The number of hydrogen-bond acceptors (Lipinski definition) is 2. The van der Waals surface area contributed by atoms with Crippen molar-refractivity contribution in [2.24, 2.45) is 11.8 Å². The Morgan fingerprint density at radius 1 is 1.20 bits per heavy atom. The fourth-order valence-corrected chi connectivity index (χ4v) is 4.07. The van der Waals surface area contributed by atoms with E-state index < -0.39 is 0 Å². The Kier molecular flexibility index (Phi) is 4.77. The van der Waals surface area contributed by atoms with Crippen molar-refractivity contribution < 1.29 is 4.79 Å². The maximum absolute atomic E-state index is 12.4. The van der Waals surface area contributed by atoms with Crippen LogP contribution in [0.1, 0.15) is 51.4 Å². The van der Waals surface area contributed by atoms with Crippen LogP contribution in [0.25, 0.3) is 0 Å². The lowest BCUT2D eigenvalue weighted by molar-refractivity contribution is -0.132. The van der Waals surface area contributed by atoms with Gasteiger partial charge in [-0.1, -0.05) is 11.6 Å². The Labute approximate surface area is 122 Å². The zero-order chi connectivity index (χ0) is 13.8. The molecule has 0 saturated carbocycles. The molecule has 1 amide bonds.